The van der Waals surface area contributed by atoms with Crippen molar-refractivity contribution in [2.45, 2.75) is 13.0 Å². The third-order valence-corrected chi connectivity index (χ3v) is 3.59. The van der Waals surface area contributed by atoms with Gasteiger partial charge in [0.1, 0.15) is 5.82 Å². The van der Waals surface area contributed by atoms with E-state index in [1.807, 2.05) is 19.2 Å². The van der Waals surface area contributed by atoms with Crippen molar-refractivity contribution in [3.05, 3.63) is 30.1 Å². The molecule has 0 spiro atoms. The van der Waals surface area contributed by atoms with E-state index in [-0.39, 0.29) is 5.82 Å². The van der Waals surface area contributed by atoms with Gasteiger partial charge in [0.25, 0.3) is 0 Å². The molecule has 0 bridgehead atoms. The lowest BCUT2D eigenvalue weighted by molar-refractivity contribution is 0.237. The number of halogens is 1. The van der Waals surface area contributed by atoms with Gasteiger partial charge in [-0.15, -0.1) is 0 Å². The van der Waals surface area contributed by atoms with Gasteiger partial charge in [-0.2, -0.15) is 0 Å². The lowest BCUT2D eigenvalue weighted by Gasteiger charge is -2.37. The Morgan fingerprint density at radius 3 is 2.33 bits per heavy atom. The van der Waals surface area contributed by atoms with Crippen LogP contribution in [-0.4, -0.2) is 50.7 Å². The minimum atomic E-state index is -0.166. The molecule has 1 saturated heterocycles. The Kier molecular flexibility index (Phi) is 4.55. The normalized spacial score (nSPS) is 18.9. The summed E-state index contributed by atoms with van der Waals surface area (Å²) < 4.78 is 12.9. The molecule has 100 valence electrons. The maximum absolute atomic E-state index is 12.9. The Bertz CT molecular complexity index is 358. The van der Waals surface area contributed by atoms with Crippen molar-refractivity contribution in [3.63, 3.8) is 0 Å². The summed E-state index contributed by atoms with van der Waals surface area (Å²) in [5, 5.41) is 3.26. The smallest absolute Gasteiger partial charge is 0.123 e. The maximum Gasteiger partial charge on any atom is 0.123 e. The molecule has 0 saturated carbocycles. The molecule has 0 amide bonds. The van der Waals surface area contributed by atoms with Crippen LogP contribution in [0.2, 0.25) is 0 Å². The van der Waals surface area contributed by atoms with Gasteiger partial charge < -0.3 is 10.2 Å². The van der Waals surface area contributed by atoms with Crippen LogP contribution in [0, 0.1) is 5.82 Å². The summed E-state index contributed by atoms with van der Waals surface area (Å²) in [6.07, 6.45) is 0. The van der Waals surface area contributed by atoms with Gasteiger partial charge in [0.2, 0.25) is 0 Å². The highest BCUT2D eigenvalue weighted by molar-refractivity contribution is 5.46. The molecule has 0 radical (unpaired) electrons. The van der Waals surface area contributed by atoms with E-state index in [1.54, 1.807) is 0 Å². The molecule has 18 heavy (non-hydrogen) atoms. The van der Waals surface area contributed by atoms with Gasteiger partial charge in [-0.25, -0.2) is 4.39 Å². The Morgan fingerprint density at radius 1 is 1.17 bits per heavy atom. The summed E-state index contributed by atoms with van der Waals surface area (Å²) in [5.41, 5.74) is 1.12. The number of nitrogens with one attached hydrogen (secondary N) is 1. The fourth-order valence-corrected chi connectivity index (χ4v) is 2.32. The third-order valence-electron chi connectivity index (χ3n) is 3.59. The van der Waals surface area contributed by atoms with Gasteiger partial charge in [0.15, 0.2) is 0 Å². The Morgan fingerprint density at radius 2 is 1.78 bits per heavy atom. The highest BCUT2D eigenvalue weighted by Gasteiger charge is 2.18. The summed E-state index contributed by atoms with van der Waals surface area (Å²) in [6.45, 7) is 7.47. The van der Waals surface area contributed by atoms with E-state index in [0.29, 0.717) is 6.04 Å². The summed E-state index contributed by atoms with van der Waals surface area (Å²) >= 11 is 0. The second-order valence-corrected chi connectivity index (χ2v) is 4.95. The molecule has 1 unspecified atom stereocenters. The average molecular weight is 251 g/mol. The minimum Gasteiger partial charge on any atom is -0.369 e. The van der Waals surface area contributed by atoms with Crippen LogP contribution in [0.5, 0.6) is 0 Å². The lowest BCUT2D eigenvalue weighted by Crippen LogP contribution is -2.49. The van der Waals surface area contributed by atoms with Crippen LogP contribution in [0.1, 0.15) is 6.92 Å². The summed E-state index contributed by atoms with van der Waals surface area (Å²) in [4.78, 5) is 4.79. The molecule has 1 aliphatic rings. The largest absolute Gasteiger partial charge is 0.369 e. The van der Waals surface area contributed by atoms with Gasteiger partial charge in [0, 0.05) is 44.5 Å². The highest BCUT2D eigenvalue weighted by Crippen LogP contribution is 2.16. The second kappa shape index (κ2) is 6.16. The number of nitrogens with zero attached hydrogens (tertiary/aromatic N) is 2. The third kappa shape index (κ3) is 3.43. The van der Waals surface area contributed by atoms with Crippen LogP contribution < -0.4 is 10.2 Å². The van der Waals surface area contributed by atoms with Gasteiger partial charge in [-0.05, 0) is 38.2 Å². The average Bonchev–Trinajstić information content (AvgIpc) is 2.40. The highest BCUT2D eigenvalue weighted by atomic mass is 19.1. The lowest BCUT2D eigenvalue weighted by atomic mass is 10.2. The van der Waals surface area contributed by atoms with Crippen molar-refractivity contribution in [3.8, 4) is 0 Å². The Balaban J connectivity index is 1.84. The van der Waals surface area contributed by atoms with Crippen LogP contribution in [0.25, 0.3) is 0 Å². The summed E-state index contributed by atoms with van der Waals surface area (Å²) in [7, 11) is 2.00. The Hall–Kier alpha value is -1.13. The Labute approximate surface area is 109 Å². The SMILES string of the molecule is CNC(C)CN1CCN(c2ccc(F)cc2)CC1. The fourth-order valence-electron chi connectivity index (χ4n) is 2.32. The molecule has 3 nitrogen and oxygen atoms in total. The van der Waals surface area contributed by atoms with Crippen molar-refractivity contribution >= 4 is 5.69 Å². The van der Waals surface area contributed by atoms with Gasteiger partial charge in [-0.1, -0.05) is 0 Å². The van der Waals surface area contributed by atoms with Crippen molar-refractivity contribution in [1.29, 1.82) is 0 Å². The monoisotopic (exact) mass is 251 g/mol. The van der Waals surface area contributed by atoms with Crippen molar-refractivity contribution in [2.24, 2.45) is 0 Å². The second-order valence-electron chi connectivity index (χ2n) is 4.95. The standard InChI is InChI=1S/C14H22FN3/c1-12(16-2)11-17-7-9-18(10-8-17)14-5-3-13(15)4-6-14/h3-6,12,16H,7-11H2,1-2H3. The number of rotatable bonds is 4. The number of likely N-dealkylation sites (N-methyl/N-ethyl adjacent to an activating group) is 1. The number of anilines is 1. The van der Waals surface area contributed by atoms with Crippen molar-refractivity contribution in [1.82, 2.24) is 10.2 Å². The first kappa shape index (κ1) is 13.3. The topological polar surface area (TPSA) is 18.5 Å². The fraction of sp³-hybridized carbons (Fsp3) is 0.571. The predicted octanol–water partition coefficient (Wildman–Crippen LogP) is 1.56. The van der Waals surface area contributed by atoms with Crippen molar-refractivity contribution in [2.75, 3.05) is 44.7 Å². The van der Waals surface area contributed by atoms with E-state index in [9.17, 15) is 4.39 Å². The van der Waals surface area contributed by atoms with E-state index >= 15 is 0 Å². The van der Waals surface area contributed by atoms with E-state index < -0.39 is 0 Å². The van der Waals surface area contributed by atoms with Crippen molar-refractivity contribution < 1.29 is 4.39 Å². The van der Waals surface area contributed by atoms with Crippen LogP contribution in [0.4, 0.5) is 10.1 Å². The predicted molar refractivity (Wildman–Crippen MR) is 73.6 cm³/mol. The van der Waals surface area contributed by atoms with Gasteiger partial charge >= 0.3 is 0 Å². The van der Waals surface area contributed by atoms with Gasteiger partial charge in [0.05, 0.1) is 0 Å². The quantitative estimate of drug-likeness (QED) is 0.876. The van der Waals surface area contributed by atoms with E-state index in [0.717, 1.165) is 38.4 Å². The molecule has 2 rings (SSSR count). The minimum absolute atomic E-state index is 0.166. The first-order chi connectivity index (χ1) is 8.69. The van der Waals surface area contributed by atoms with Gasteiger partial charge in [-0.3, -0.25) is 4.90 Å². The zero-order chi connectivity index (χ0) is 13.0. The molecule has 4 heteroatoms. The number of piperazine rings is 1. The molecule has 1 aliphatic heterocycles. The van der Waals surface area contributed by atoms with E-state index in [2.05, 4.69) is 22.0 Å². The molecule has 1 heterocycles. The zero-order valence-electron chi connectivity index (χ0n) is 11.2. The van der Waals surface area contributed by atoms with Crippen LogP contribution in [0.15, 0.2) is 24.3 Å². The van der Waals surface area contributed by atoms with Crippen LogP contribution in [-0.2, 0) is 0 Å². The first-order valence-electron chi connectivity index (χ1n) is 6.59. The zero-order valence-corrected chi connectivity index (χ0v) is 11.2. The number of hydrogen-bond acceptors (Lipinski definition) is 3. The molecule has 0 aliphatic carbocycles. The molecule has 1 aromatic carbocycles. The molecular formula is C14H22FN3. The van der Waals surface area contributed by atoms with Crippen LogP contribution in [0.3, 0.4) is 0 Å². The molecule has 1 N–H and O–H groups in total. The molecule has 0 aromatic heterocycles. The molecule has 1 atom stereocenters. The summed E-state index contributed by atoms with van der Waals surface area (Å²) in [6, 6.07) is 7.32. The number of benzene rings is 1. The summed E-state index contributed by atoms with van der Waals surface area (Å²) in [5.74, 6) is -0.166. The van der Waals surface area contributed by atoms with Crippen LogP contribution >= 0.6 is 0 Å². The molecule has 1 aromatic rings. The first-order valence-corrected chi connectivity index (χ1v) is 6.59. The molecular weight excluding hydrogens is 229 g/mol. The van der Waals surface area contributed by atoms with E-state index in [1.165, 1.54) is 12.1 Å². The maximum atomic E-state index is 12.9. The molecule has 1 fully saturated rings. The number of hydrogen-bond donors (Lipinski definition) is 1. The van der Waals surface area contributed by atoms with E-state index in [4.69, 9.17) is 0 Å².